The molecule has 0 aliphatic heterocycles. The lowest BCUT2D eigenvalue weighted by Crippen LogP contribution is -2.14. The molecule has 1 aromatic heterocycles. The van der Waals surface area contributed by atoms with Gasteiger partial charge in [-0.25, -0.2) is 0 Å². The van der Waals surface area contributed by atoms with E-state index in [4.69, 9.17) is 4.74 Å². The van der Waals surface area contributed by atoms with Crippen molar-refractivity contribution in [3.63, 3.8) is 0 Å². The molecule has 0 aliphatic rings. The SMILES string of the molecule is C=CCn1c(SCC(=O)Nc2cccc(OC)c2)nnc1-c1ccc(C(C)(C)C)cc1. The van der Waals surface area contributed by atoms with Crippen molar-refractivity contribution in [1.29, 1.82) is 0 Å². The van der Waals surface area contributed by atoms with Crippen LogP contribution in [0.5, 0.6) is 5.75 Å². The first-order valence-corrected chi connectivity index (χ1v) is 11.0. The summed E-state index contributed by atoms with van der Waals surface area (Å²) in [6.45, 7) is 11.0. The van der Waals surface area contributed by atoms with Gasteiger partial charge in [0.15, 0.2) is 11.0 Å². The van der Waals surface area contributed by atoms with E-state index >= 15 is 0 Å². The molecule has 3 aromatic rings. The van der Waals surface area contributed by atoms with Gasteiger partial charge in [0.1, 0.15) is 5.75 Å². The monoisotopic (exact) mass is 436 g/mol. The molecule has 31 heavy (non-hydrogen) atoms. The van der Waals surface area contributed by atoms with Crippen molar-refractivity contribution in [2.45, 2.75) is 37.9 Å². The Morgan fingerprint density at radius 2 is 1.94 bits per heavy atom. The molecule has 2 aromatic carbocycles. The van der Waals surface area contributed by atoms with Crippen molar-refractivity contribution in [3.8, 4) is 17.1 Å². The summed E-state index contributed by atoms with van der Waals surface area (Å²) >= 11 is 1.35. The molecular weight excluding hydrogens is 408 g/mol. The second-order valence-corrected chi connectivity index (χ2v) is 9.04. The summed E-state index contributed by atoms with van der Waals surface area (Å²) in [4.78, 5) is 12.4. The third-order valence-corrected chi connectivity index (χ3v) is 5.69. The van der Waals surface area contributed by atoms with E-state index in [0.29, 0.717) is 23.1 Å². The number of allylic oxidation sites excluding steroid dienone is 1. The van der Waals surface area contributed by atoms with Gasteiger partial charge < -0.3 is 10.1 Å². The zero-order valence-electron chi connectivity index (χ0n) is 18.4. The van der Waals surface area contributed by atoms with Gasteiger partial charge in [0.05, 0.1) is 12.9 Å². The van der Waals surface area contributed by atoms with Gasteiger partial charge in [-0.15, -0.1) is 16.8 Å². The Morgan fingerprint density at radius 1 is 1.19 bits per heavy atom. The van der Waals surface area contributed by atoms with Crippen LogP contribution in [-0.4, -0.2) is 33.5 Å². The Hall–Kier alpha value is -3.06. The van der Waals surface area contributed by atoms with Crippen LogP contribution in [0.4, 0.5) is 5.69 Å². The molecule has 0 fully saturated rings. The Labute approximate surface area is 187 Å². The average molecular weight is 437 g/mol. The molecule has 0 bridgehead atoms. The van der Waals surface area contributed by atoms with Crippen LogP contribution in [0, 0.1) is 0 Å². The number of rotatable bonds is 8. The van der Waals surface area contributed by atoms with E-state index < -0.39 is 0 Å². The van der Waals surface area contributed by atoms with Gasteiger partial charge in [0, 0.05) is 23.9 Å². The topological polar surface area (TPSA) is 69.0 Å². The lowest BCUT2D eigenvalue weighted by atomic mass is 9.87. The lowest BCUT2D eigenvalue weighted by Gasteiger charge is -2.19. The van der Waals surface area contributed by atoms with Crippen LogP contribution in [0.1, 0.15) is 26.3 Å². The number of methoxy groups -OCH3 is 1. The highest BCUT2D eigenvalue weighted by Crippen LogP contribution is 2.28. The zero-order valence-corrected chi connectivity index (χ0v) is 19.2. The summed E-state index contributed by atoms with van der Waals surface area (Å²) in [6.07, 6.45) is 1.80. The molecule has 7 heteroatoms. The highest BCUT2D eigenvalue weighted by molar-refractivity contribution is 7.99. The number of hydrogen-bond acceptors (Lipinski definition) is 5. The second kappa shape index (κ2) is 9.83. The van der Waals surface area contributed by atoms with Gasteiger partial charge in [-0.3, -0.25) is 9.36 Å². The number of nitrogens with one attached hydrogen (secondary N) is 1. The largest absolute Gasteiger partial charge is 0.497 e. The smallest absolute Gasteiger partial charge is 0.234 e. The van der Waals surface area contributed by atoms with Gasteiger partial charge in [-0.1, -0.05) is 68.9 Å². The maximum atomic E-state index is 12.4. The van der Waals surface area contributed by atoms with Crippen LogP contribution in [0.25, 0.3) is 11.4 Å². The molecule has 1 amide bonds. The first kappa shape index (κ1) is 22.6. The number of nitrogens with zero attached hydrogens (tertiary/aromatic N) is 3. The van der Waals surface area contributed by atoms with Crippen LogP contribution < -0.4 is 10.1 Å². The molecule has 0 spiro atoms. The van der Waals surface area contributed by atoms with Crippen LogP contribution >= 0.6 is 11.8 Å². The van der Waals surface area contributed by atoms with Crippen LogP contribution in [0.2, 0.25) is 0 Å². The molecule has 1 heterocycles. The number of carbonyl (C=O) groups excluding carboxylic acids is 1. The summed E-state index contributed by atoms with van der Waals surface area (Å²) in [7, 11) is 1.59. The molecule has 0 radical (unpaired) electrons. The average Bonchev–Trinajstić information content (AvgIpc) is 3.15. The summed E-state index contributed by atoms with van der Waals surface area (Å²) in [5, 5.41) is 12.3. The van der Waals surface area contributed by atoms with E-state index in [0.717, 1.165) is 11.4 Å². The van der Waals surface area contributed by atoms with Crippen molar-refractivity contribution in [1.82, 2.24) is 14.8 Å². The number of thioether (sulfide) groups is 1. The maximum Gasteiger partial charge on any atom is 0.234 e. The molecule has 0 saturated heterocycles. The normalized spacial score (nSPS) is 11.2. The molecule has 6 nitrogen and oxygen atoms in total. The minimum Gasteiger partial charge on any atom is -0.497 e. The van der Waals surface area contributed by atoms with Gasteiger partial charge in [-0.05, 0) is 23.1 Å². The lowest BCUT2D eigenvalue weighted by molar-refractivity contribution is -0.113. The van der Waals surface area contributed by atoms with E-state index in [1.165, 1.54) is 17.3 Å². The Balaban J connectivity index is 1.72. The van der Waals surface area contributed by atoms with Gasteiger partial charge in [-0.2, -0.15) is 0 Å². The highest BCUT2D eigenvalue weighted by Gasteiger charge is 2.17. The molecule has 0 atom stereocenters. The summed E-state index contributed by atoms with van der Waals surface area (Å²) in [6, 6.07) is 15.6. The molecule has 162 valence electrons. The number of benzene rings is 2. The Kier molecular flexibility index (Phi) is 7.17. The van der Waals surface area contributed by atoms with Crippen molar-refractivity contribution >= 4 is 23.4 Å². The fraction of sp³-hybridized carbons (Fsp3) is 0.292. The van der Waals surface area contributed by atoms with Crippen molar-refractivity contribution < 1.29 is 9.53 Å². The number of aromatic nitrogens is 3. The van der Waals surface area contributed by atoms with Gasteiger partial charge in [0.2, 0.25) is 5.91 Å². The summed E-state index contributed by atoms with van der Waals surface area (Å²) < 4.78 is 7.17. The van der Waals surface area contributed by atoms with E-state index in [2.05, 4.69) is 67.1 Å². The Bertz CT molecular complexity index is 1050. The third-order valence-electron chi connectivity index (χ3n) is 4.72. The highest BCUT2D eigenvalue weighted by atomic mass is 32.2. The van der Waals surface area contributed by atoms with Crippen molar-refractivity contribution in [2.24, 2.45) is 0 Å². The fourth-order valence-electron chi connectivity index (χ4n) is 3.05. The minimum absolute atomic E-state index is 0.0878. The maximum absolute atomic E-state index is 12.4. The molecule has 0 aliphatic carbocycles. The van der Waals surface area contributed by atoms with Crippen molar-refractivity contribution in [2.75, 3.05) is 18.2 Å². The summed E-state index contributed by atoms with van der Waals surface area (Å²) in [5.74, 6) is 1.55. The number of hydrogen-bond donors (Lipinski definition) is 1. The van der Waals surface area contributed by atoms with E-state index in [1.807, 2.05) is 22.8 Å². The number of ether oxygens (including phenoxy) is 1. The molecular formula is C24H28N4O2S. The second-order valence-electron chi connectivity index (χ2n) is 8.10. The third kappa shape index (κ3) is 5.76. The van der Waals surface area contributed by atoms with Crippen molar-refractivity contribution in [3.05, 3.63) is 66.7 Å². The van der Waals surface area contributed by atoms with E-state index in [-0.39, 0.29) is 17.1 Å². The standard InChI is InChI=1S/C24H28N4O2S/c1-6-14-28-22(17-10-12-18(13-11-17)24(2,3)4)26-27-23(28)31-16-21(29)25-19-8-7-9-20(15-19)30-5/h6-13,15H,1,14,16H2,2-5H3,(H,25,29). The first-order valence-electron chi connectivity index (χ1n) is 10.0. The summed E-state index contributed by atoms with van der Waals surface area (Å²) in [5.41, 5.74) is 3.02. The first-order chi connectivity index (χ1) is 14.8. The van der Waals surface area contributed by atoms with E-state index in [1.54, 1.807) is 19.3 Å². The predicted molar refractivity (Wildman–Crippen MR) is 127 cm³/mol. The molecule has 3 rings (SSSR count). The number of carbonyl (C=O) groups is 1. The Morgan fingerprint density at radius 3 is 2.58 bits per heavy atom. The number of amides is 1. The molecule has 1 N–H and O–H groups in total. The van der Waals surface area contributed by atoms with Crippen LogP contribution in [-0.2, 0) is 16.8 Å². The van der Waals surface area contributed by atoms with Crippen LogP contribution in [0.3, 0.4) is 0 Å². The van der Waals surface area contributed by atoms with Gasteiger partial charge >= 0.3 is 0 Å². The molecule has 0 unspecified atom stereocenters. The zero-order chi connectivity index (χ0) is 22.4. The molecule has 0 saturated carbocycles. The predicted octanol–water partition coefficient (Wildman–Crippen LogP) is 5.17. The number of anilines is 1. The van der Waals surface area contributed by atoms with Gasteiger partial charge in [0.25, 0.3) is 0 Å². The minimum atomic E-state index is -0.123. The fourth-order valence-corrected chi connectivity index (χ4v) is 3.80. The quantitative estimate of drug-likeness (QED) is 0.390. The van der Waals surface area contributed by atoms with E-state index in [9.17, 15) is 4.79 Å². The van der Waals surface area contributed by atoms with Crippen LogP contribution in [0.15, 0.2) is 66.3 Å².